The quantitative estimate of drug-likeness (QED) is 0.575. The van der Waals surface area contributed by atoms with Gasteiger partial charge in [-0.25, -0.2) is 0 Å². The summed E-state index contributed by atoms with van der Waals surface area (Å²) in [5.41, 5.74) is 3.37. The van der Waals surface area contributed by atoms with Crippen molar-refractivity contribution in [2.75, 3.05) is 0 Å². The van der Waals surface area contributed by atoms with Gasteiger partial charge in [-0.05, 0) is 5.54 Å². The van der Waals surface area contributed by atoms with Crippen molar-refractivity contribution in [1.29, 1.82) is 0 Å². The van der Waals surface area contributed by atoms with Gasteiger partial charge in [0.05, 0.1) is 8.07 Å². The maximum atomic E-state index is 4.04. The lowest BCUT2D eigenvalue weighted by molar-refractivity contribution is 0.492. The van der Waals surface area contributed by atoms with Crippen LogP contribution >= 0.6 is 0 Å². The molecule has 1 fully saturated rings. The van der Waals surface area contributed by atoms with Crippen LogP contribution in [0.4, 0.5) is 0 Å². The van der Waals surface area contributed by atoms with Crippen LogP contribution in [-0.2, 0) is 0 Å². The van der Waals surface area contributed by atoms with Crippen LogP contribution in [0, 0.1) is 0 Å². The van der Waals surface area contributed by atoms with E-state index < -0.39 is 8.07 Å². The summed E-state index contributed by atoms with van der Waals surface area (Å²) in [6, 6.07) is 1.39. The van der Waals surface area contributed by atoms with Gasteiger partial charge in [0.2, 0.25) is 0 Å². The number of hydrogen-bond donors (Lipinski definition) is 0. The summed E-state index contributed by atoms with van der Waals surface area (Å²) in [7, 11) is -1.03. The van der Waals surface area contributed by atoms with Crippen molar-refractivity contribution in [3.8, 4) is 0 Å². The van der Waals surface area contributed by atoms with Gasteiger partial charge in [0.15, 0.2) is 0 Å². The largest absolute Gasteiger partial charge is 0.107 e. The Balaban J connectivity index is 2.57. The highest BCUT2D eigenvalue weighted by Gasteiger charge is 2.32. The Morgan fingerprint density at radius 2 is 1.92 bits per heavy atom. The van der Waals surface area contributed by atoms with Gasteiger partial charge in [0.1, 0.15) is 0 Å². The van der Waals surface area contributed by atoms with Crippen LogP contribution in [0.1, 0.15) is 39.0 Å². The molecule has 0 radical (unpaired) electrons. The van der Waals surface area contributed by atoms with Crippen LogP contribution in [0.3, 0.4) is 0 Å². The molecule has 0 bridgehead atoms. The van der Waals surface area contributed by atoms with Crippen molar-refractivity contribution in [2.45, 2.75) is 57.2 Å². The summed E-state index contributed by atoms with van der Waals surface area (Å²) in [6.45, 7) is 8.90. The molecule has 1 aliphatic rings. The number of rotatable bonds is 3. The topological polar surface area (TPSA) is 0 Å². The van der Waals surface area contributed by atoms with Crippen molar-refractivity contribution in [3.05, 3.63) is 12.3 Å². The molecule has 70 valence electrons. The average molecular weight is 182 g/mol. The maximum absolute atomic E-state index is 4.04. The first kappa shape index (κ1) is 10.0. The highest BCUT2D eigenvalue weighted by atomic mass is 28.3. The molecule has 0 spiro atoms. The zero-order valence-electron chi connectivity index (χ0n) is 8.60. The van der Waals surface area contributed by atoms with Crippen LogP contribution in [0.2, 0.25) is 18.1 Å². The Bertz CT molecular complexity index is 147. The third kappa shape index (κ3) is 2.01. The molecule has 1 saturated carbocycles. The van der Waals surface area contributed by atoms with Gasteiger partial charge in [0, 0.05) is 0 Å². The highest BCUT2D eigenvalue weighted by molar-refractivity contribution is 6.84. The minimum Gasteiger partial charge on any atom is -0.107 e. The molecule has 0 heterocycles. The summed E-state index contributed by atoms with van der Waals surface area (Å²) in [5.74, 6) is 0. The predicted octanol–water partition coefficient (Wildman–Crippen LogP) is 4.14. The fourth-order valence-corrected chi connectivity index (χ4v) is 5.29. The molecule has 1 unspecified atom stereocenters. The summed E-state index contributed by atoms with van der Waals surface area (Å²) in [5, 5.41) is 0. The molecule has 0 aromatic rings. The zero-order valence-corrected chi connectivity index (χ0v) is 9.60. The molecule has 12 heavy (non-hydrogen) atoms. The molecule has 1 rings (SSSR count). The summed E-state index contributed by atoms with van der Waals surface area (Å²) in [4.78, 5) is 0. The van der Waals surface area contributed by atoms with E-state index >= 15 is 0 Å². The lowest BCUT2D eigenvalue weighted by atomic mass is 10.0. The second kappa shape index (κ2) is 4.27. The van der Waals surface area contributed by atoms with Crippen LogP contribution < -0.4 is 0 Å². The van der Waals surface area contributed by atoms with E-state index in [0.29, 0.717) is 0 Å². The van der Waals surface area contributed by atoms with Crippen molar-refractivity contribution in [2.24, 2.45) is 0 Å². The SMILES string of the molecule is C=C[Si](C)(CC)C1CCCCC1. The van der Waals surface area contributed by atoms with E-state index in [9.17, 15) is 0 Å². The van der Waals surface area contributed by atoms with Crippen molar-refractivity contribution in [3.63, 3.8) is 0 Å². The zero-order chi connectivity index (χ0) is 9.03. The Hall–Kier alpha value is -0.0431. The molecule has 0 N–H and O–H groups in total. The van der Waals surface area contributed by atoms with Crippen molar-refractivity contribution < 1.29 is 0 Å². The van der Waals surface area contributed by atoms with Gasteiger partial charge in [-0.3, -0.25) is 0 Å². The van der Waals surface area contributed by atoms with Gasteiger partial charge in [-0.15, -0.1) is 12.3 Å². The molecule has 1 heteroatoms. The van der Waals surface area contributed by atoms with Gasteiger partial charge in [-0.1, -0.05) is 51.6 Å². The molecule has 0 aliphatic heterocycles. The molecular weight excluding hydrogens is 160 g/mol. The summed E-state index contributed by atoms with van der Waals surface area (Å²) in [6.07, 6.45) is 7.40. The first-order valence-corrected chi connectivity index (χ1v) is 8.22. The second-order valence-corrected chi connectivity index (χ2v) is 9.34. The Labute approximate surface area is 78.1 Å². The van der Waals surface area contributed by atoms with E-state index in [4.69, 9.17) is 0 Å². The normalized spacial score (nSPS) is 24.8. The highest BCUT2D eigenvalue weighted by Crippen LogP contribution is 2.39. The molecule has 0 amide bonds. The van der Waals surface area contributed by atoms with E-state index in [-0.39, 0.29) is 0 Å². The average Bonchev–Trinajstić information content (AvgIpc) is 2.18. The molecule has 0 saturated heterocycles. The Morgan fingerprint density at radius 3 is 2.33 bits per heavy atom. The minimum atomic E-state index is -1.03. The summed E-state index contributed by atoms with van der Waals surface area (Å²) < 4.78 is 0. The second-order valence-electron chi connectivity index (χ2n) is 4.40. The maximum Gasteiger partial charge on any atom is 0.0767 e. The molecule has 0 nitrogen and oxygen atoms in total. The van der Waals surface area contributed by atoms with E-state index in [0.717, 1.165) is 5.54 Å². The van der Waals surface area contributed by atoms with Gasteiger partial charge in [0.25, 0.3) is 0 Å². The van der Waals surface area contributed by atoms with Crippen molar-refractivity contribution >= 4 is 8.07 Å². The predicted molar refractivity (Wildman–Crippen MR) is 59.1 cm³/mol. The Morgan fingerprint density at radius 1 is 1.33 bits per heavy atom. The van der Waals surface area contributed by atoms with Gasteiger partial charge in [-0.2, -0.15) is 0 Å². The fraction of sp³-hybridized carbons (Fsp3) is 0.818. The van der Waals surface area contributed by atoms with Crippen molar-refractivity contribution in [1.82, 2.24) is 0 Å². The first-order chi connectivity index (χ1) is 5.73. The lowest BCUT2D eigenvalue weighted by Gasteiger charge is -2.35. The first-order valence-electron chi connectivity index (χ1n) is 5.36. The van der Waals surface area contributed by atoms with E-state index in [2.05, 4.69) is 25.7 Å². The monoisotopic (exact) mass is 182 g/mol. The third-order valence-electron chi connectivity index (χ3n) is 3.77. The van der Waals surface area contributed by atoms with E-state index in [1.54, 1.807) is 0 Å². The molecule has 0 aromatic carbocycles. The fourth-order valence-electron chi connectivity index (χ4n) is 2.36. The van der Waals surface area contributed by atoms with E-state index in [1.807, 2.05) is 0 Å². The molecule has 1 aliphatic carbocycles. The van der Waals surface area contributed by atoms with Crippen LogP contribution in [-0.4, -0.2) is 8.07 Å². The van der Waals surface area contributed by atoms with Gasteiger partial charge < -0.3 is 0 Å². The van der Waals surface area contributed by atoms with Gasteiger partial charge >= 0.3 is 0 Å². The standard InChI is InChI=1S/C11H22Si/c1-4-12(3,5-2)11-9-7-6-8-10-11/h4,11H,1,5-10H2,2-3H3. The summed E-state index contributed by atoms with van der Waals surface area (Å²) >= 11 is 0. The smallest absolute Gasteiger partial charge is 0.0767 e. The lowest BCUT2D eigenvalue weighted by Crippen LogP contribution is -2.34. The van der Waals surface area contributed by atoms with E-state index in [1.165, 1.54) is 38.1 Å². The molecule has 0 aromatic heterocycles. The van der Waals surface area contributed by atoms with Crippen LogP contribution in [0.25, 0.3) is 0 Å². The third-order valence-corrected chi connectivity index (χ3v) is 8.66. The van der Waals surface area contributed by atoms with Crippen LogP contribution in [0.15, 0.2) is 12.3 Å². The number of hydrogen-bond acceptors (Lipinski definition) is 0. The molecule has 1 atom stereocenters. The Kier molecular flexibility index (Phi) is 3.57. The van der Waals surface area contributed by atoms with Crippen LogP contribution in [0.5, 0.6) is 0 Å². The molecular formula is C11H22Si. The minimum absolute atomic E-state index is 1.03.